The Morgan fingerprint density at radius 1 is 0.976 bits per heavy atom. The predicted octanol–water partition coefficient (Wildman–Crippen LogP) is 6.21. The molecule has 2 heterocycles. The maximum atomic E-state index is 13.3. The molecule has 0 bridgehead atoms. The molecular formula is C27H26ClF6N5O2. The highest BCUT2D eigenvalue weighted by Gasteiger charge is 2.37. The first-order valence-corrected chi connectivity index (χ1v) is 12.8. The lowest BCUT2D eigenvalue weighted by Crippen LogP contribution is -2.44. The number of amides is 1. The van der Waals surface area contributed by atoms with Crippen molar-refractivity contribution in [2.24, 2.45) is 0 Å². The molecule has 1 amide bonds. The summed E-state index contributed by atoms with van der Waals surface area (Å²) in [5, 5.41) is 0.331. The number of halogens is 7. The van der Waals surface area contributed by atoms with E-state index in [2.05, 4.69) is 19.8 Å². The van der Waals surface area contributed by atoms with Gasteiger partial charge in [0, 0.05) is 56.6 Å². The van der Waals surface area contributed by atoms with Gasteiger partial charge in [0.15, 0.2) is 0 Å². The van der Waals surface area contributed by atoms with Gasteiger partial charge in [-0.15, -0.1) is 0 Å². The minimum Gasteiger partial charge on any atom is -0.390 e. The number of carbonyl (C=O) groups excluding carboxylic acids is 1. The Hall–Kier alpha value is -3.42. The Balaban J connectivity index is 1.60. The van der Waals surface area contributed by atoms with Crippen molar-refractivity contribution in [3.63, 3.8) is 0 Å². The fourth-order valence-corrected chi connectivity index (χ4v) is 4.47. The van der Waals surface area contributed by atoms with Gasteiger partial charge in [0.1, 0.15) is 5.82 Å². The van der Waals surface area contributed by atoms with Crippen molar-refractivity contribution in [1.82, 2.24) is 24.7 Å². The Kier molecular flexibility index (Phi) is 9.10. The minimum absolute atomic E-state index is 0.0283. The van der Waals surface area contributed by atoms with E-state index >= 15 is 0 Å². The molecule has 2 aromatic carbocycles. The Labute approximate surface area is 237 Å². The minimum atomic E-state index is -5.01. The Morgan fingerprint density at radius 2 is 1.59 bits per heavy atom. The van der Waals surface area contributed by atoms with E-state index in [4.69, 9.17) is 16.3 Å². The zero-order valence-electron chi connectivity index (χ0n) is 22.1. The van der Waals surface area contributed by atoms with E-state index in [1.54, 1.807) is 24.3 Å². The van der Waals surface area contributed by atoms with E-state index in [9.17, 15) is 31.1 Å². The molecule has 1 saturated heterocycles. The molecule has 0 atom stereocenters. The number of alkyl halides is 6. The molecule has 0 aliphatic carbocycles. The van der Waals surface area contributed by atoms with E-state index in [1.807, 2.05) is 7.05 Å². The highest BCUT2D eigenvalue weighted by molar-refractivity contribution is 6.33. The van der Waals surface area contributed by atoms with Crippen LogP contribution in [-0.4, -0.2) is 71.0 Å². The van der Waals surface area contributed by atoms with Crippen LogP contribution in [0, 0.1) is 0 Å². The summed E-state index contributed by atoms with van der Waals surface area (Å²) >= 11 is 6.35. The van der Waals surface area contributed by atoms with Crippen LogP contribution in [0.2, 0.25) is 5.02 Å². The van der Waals surface area contributed by atoms with Crippen molar-refractivity contribution >= 4 is 17.7 Å². The summed E-state index contributed by atoms with van der Waals surface area (Å²) in [5.74, 6) is 0.220. The van der Waals surface area contributed by atoms with Gasteiger partial charge in [-0.3, -0.25) is 4.90 Å². The van der Waals surface area contributed by atoms with E-state index in [0.717, 1.165) is 31.1 Å². The standard InChI is InChI=1S/C27H26ClF6N5O2/c1-37-7-9-39(10-8-37)16-23-35-14-21(20-5-3-4-6-22(20)28)24(36-23)41-25(40)38(2)15-17-11-18(26(29,30)31)13-19(12-17)27(32,33)34/h3-6,11-14H,7-10,15-16H2,1-2H3. The van der Waals surface area contributed by atoms with Crippen LogP contribution >= 0.6 is 11.6 Å². The van der Waals surface area contributed by atoms with Crippen LogP contribution in [0.3, 0.4) is 0 Å². The molecule has 1 aliphatic heterocycles. The lowest BCUT2D eigenvalue weighted by molar-refractivity contribution is -0.143. The van der Waals surface area contributed by atoms with E-state index in [0.29, 0.717) is 35.1 Å². The van der Waals surface area contributed by atoms with E-state index in [-0.39, 0.29) is 23.1 Å². The number of rotatable bonds is 6. The predicted molar refractivity (Wildman–Crippen MR) is 139 cm³/mol. The zero-order valence-corrected chi connectivity index (χ0v) is 22.8. The molecule has 1 fully saturated rings. The molecule has 41 heavy (non-hydrogen) atoms. The topological polar surface area (TPSA) is 61.8 Å². The molecule has 14 heteroatoms. The first-order chi connectivity index (χ1) is 19.2. The Morgan fingerprint density at radius 3 is 2.17 bits per heavy atom. The maximum absolute atomic E-state index is 13.3. The SMILES string of the molecule is CN1CCN(Cc2ncc(-c3ccccc3Cl)c(OC(=O)N(C)Cc3cc(C(F)(F)F)cc(C(F)(F)F)c3)n2)CC1. The van der Waals surface area contributed by atoms with Crippen molar-refractivity contribution in [3.8, 4) is 17.0 Å². The summed E-state index contributed by atoms with van der Waals surface area (Å²) in [7, 11) is 3.21. The Bertz CT molecular complexity index is 1360. The maximum Gasteiger partial charge on any atom is 0.416 e. The zero-order chi connectivity index (χ0) is 29.9. The molecule has 0 spiro atoms. The average molecular weight is 602 g/mol. The van der Waals surface area contributed by atoms with Gasteiger partial charge in [0.25, 0.3) is 0 Å². The molecule has 220 valence electrons. The number of likely N-dealkylation sites (N-methyl/N-ethyl adjacent to an activating group) is 1. The third-order valence-corrected chi connectivity index (χ3v) is 6.82. The summed E-state index contributed by atoms with van der Waals surface area (Å²) in [4.78, 5) is 27.1. The van der Waals surface area contributed by atoms with Gasteiger partial charge < -0.3 is 14.5 Å². The lowest BCUT2D eigenvalue weighted by Gasteiger charge is -2.31. The van der Waals surface area contributed by atoms with Crippen molar-refractivity contribution in [3.05, 3.63) is 76.2 Å². The van der Waals surface area contributed by atoms with Crippen molar-refractivity contribution in [2.75, 3.05) is 40.3 Å². The fourth-order valence-electron chi connectivity index (χ4n) is 4.23. The highest BCUT2D eigenvalue weighted by atomic mass is 35.5. The molecule has 3 aromatic rings. The smallest absolute Gasteiger partial charge is 0.390 e. The number of ether oxygens (including phenoxy) is 1. The number of hydrogen-bond donors (Lipinski definition) is 0. The van der Waals surface area contributed by atoms with Gasteiger partial charge in [0.2, 0.25) is 5.88 Å². The molecule has 0 unspecified atom stereocenters. The second-order valence-corrected chi connectivity index (χ2v) is 10.1. The second kappa shape index (κ2) is 12.2. The van der Waals surface area contributed by atoms with Gasteiger partial charge in [-0.1, -0.05) is 29.8 Å². The van der Waals surface area contributed by atoms with Crippen LogP contribution < -0.4 is 4.74 Å². The average Bonchev–Trinajstić information content (AvgIpc) is 2.89. The van der Waals surface area contributed by atoms with Gasteiger partial charge in [0.05, 0.1) is 23.2 Å². The number of benzene rings is 2. The van der Waals surface area contributed by atoms with Crippen molar-refractivity contribution in [1.29, 1.82) is 0 Å². The largest absolute Gasteiger partial charge is 0.416 e. The molecule has 0 radical (unpaired) electrons. The normalized spacial score (nSPS) is 15.1. The summed E-state index contributed by atoms with van der Waals surface area (Å²) in [6, 6.07) is 7.86. The molecule has 4 rings (SSSR count). The van der Waals surface area contributed by atoms with Crippen LogP contribution in [0.4, 0.5) is 31.1 Å². The van der Waals surface area contributed by atoms with E-state index < -0.39 is 36.1 Å². The van der Waals surface area contributed by atoms with Gasteiger partial charge >= 0.3 is 18.4 Å². The van der Waals surface area contributed by atoms with Crippen molar-refractivity contribution < 1.29 is 35.9 Å². The molecule has 0 N–H and O–H groups in total. The number of nitrogens with zero attached hydrogens (tertiary/aromatic N) is 5. The molecule has 1 aliphatic rings. The molecule has 0 saturated carbocycles. The first kappa shape index (κ1) is 30.5. The van der Waals surface area contributed by atoms with E-state index in [1.165, 1.54) is 13.2 Å². The number of hydrogen-bond acceptors (Lipinski definition) is 6. The summed E-state index contributed by atoms with van der Waals surface area (Å²) < 4.78 is 85.2. The van der Waals surface area contributed by atoms with Gasteiger partial charge in [-0.25, -0.2) is 9.78 Å². The summed E-state index contributed by atoms with van der Waals surface area (Å²) in [5.41, 5.74) is -2.57. The second-order valence-electron chi connectivity index (χ2n) is 9.70. The third kappa shape index (κ3) is 7.86. The van der Waals surface area contributed by atoms with Crippen LogP contribution in [-0.2, 0) is 25.4 Å². The molecular weight excluding hydrogens is 576 g/mol. The quantitative estimate of drug-likeness (QED) is 0.313. The third-order valence-electron chi connectivity index (χ3n) is 6.49. The number of aromatic nitrogens is 2. The highest BCUT2D eigenvalue weighted by Crippen LogP contribution is 2.37. The number of piperazine rings is 1. The van der Waals surface area contributed by atoms with Crippen LogP contribution in [0.1, 0.15) is 22.5 Å². The van der Waals surface area contributed by atoms with Gasteiger partial charge in [-0.2, -0.15) is 31.3 Å². The monoisotopic (exact) mass is 601 g/mol. The summed E-state index contributed by atoms with van der Waals surface area (Å²) in [6.07, 6.45) is -9.61. The molecule has 7 nitrogen and oxygen atoms in total. The van der Waals surface area contributed by atoms with Gasteiger partial charge in [-0.05, 0) is 36.9 Å². The lowest BCUT2D eigenvalue weighted by atomic mass is 10.0. The molecule has 1 aromatic heterocycles. The summed E-state index contributed by atoms with van der Waals surface area (Å²) in [6.45, 7) is 3.06. The fraction of sp³-hybridized carbons (Fsp3) is 0.370. The van der Waals surface area contributed by atoms with Crippen LogP contribution in [0.25, 0.3) is 11.1 Å². The van der Waals surface area contributed by atoms with Crippen LogP contribution in [0.15, 0.2) is 48.7 Å². The van der Waals surface area contributed by atoms with Crippen LogP contribution in [0.5, 0.6) is 5.88 Å². The first-order valence-electron chi connectivity index (χ1n) is 12.4. The van der Waals surface area contributed by atoms with Crippen molar-refractivity contribution in [2.45, 2.75) is 25.4 Å². The number of carbonyl (C=O) groups is 1.